The maximum Gasteiger partial charge on any atom is 0.295 e. The van der Waals surface area contributed by atoms with Crippen molar-refractivity contribution in [1.29, 1.82) is 0 Å². The molecule has 3 heterocycles. The Bertz CT molecular complexity index is 1140. The lowest BCUT2D eigenvalue weighted by Gasteiger charge is -2.31. The van der Waals surface area contributed by atoms with Gasteiger partial charge in [-0.1, -0.05) is 17.7 Å². The summed E-state index contributed by atoms with van der Waals surface area (Å²) in [6.45, 7) is 0.669. The molecule has 0 bridgehead atoms. The van der Waals surface area contributed by atoms with Crippen LogP contribution in [0.1, 0.15) is 43.2 Å². The monoisotopic (exact) mass is 616 g/mol. The molecular weight excluding hydrogens is 596 g/mol. The number of benzene rings is 1. The van der Waals surface area contributed by atoms with E-state index >= 15 is 0 Å². The molecule has 1 saturated heterocycles. The van der Waals surface area contributed by atoms with E-state index in [0.29, 0.717) is 22.9 Å². The number of imidazole rings is 1. The van der Waals surface area contributed by atoms with E-state index < -0.39 is 22.8 Å². The van der Waals surface area contributed by atoms with Crippen LogP contribution in [0.3, 0.4) is 0 Å². The number of aromatic nitrogens is 3. The first kappa shape index (κ1) is 24.3. The van der Waals surface area contributed by atoms with Crippen molar-refractivity contribution >= 4 is 73.1 Å². The molecule has 0 saturated carbocycles. The van der Waals surface area contributed by atoms with Crippen LogP contribution in [0.25, 0.3) is 11.2 Å². The first-order chi connectivity index (χ1) is 15.2. The third kappa shape index (κ3) is 4.98. The van der Waals surface area contributed by atoms with Gasteiger partial charge in [-0.15, -0.1) is 0 Å². The van der Waals surface area contributed by atoms with Gasteiger partial charge in [-0.05, 0) is 59.0 Å². The minimum Gasteiger partial charge on any atom is -0.374 e. The van der Waals surface area contributed by atoms with Crippen LogP contribution in [-0.4, -0.2) is 36.3 Å². The quantitative estimate of drug-likeness (QED) is 0.151. The summed E-state index contributed by atoms with van der Waals surface area (Å²) in [6, 6.07) is 6.80. The van der Waals surface area contributed by atoms with E-state index in [-0.39, 0.29) is 28.8 Å². The molecule has 2 unspecified atom stereocenters. The van der Waals surface area contributed by atoms with Crippen LogP contribution < -0.4 is 5.32 Å². The minimum absolute atomic E-state index is 0.0450. The van der Waals surface area contributed by atoms with Crippen molar-refractivity contribution in [3.05, 3.63) is 40.8 Å². The Morgan fingerprint density at radius 3 is 2.69 bits per heavy atom. The van der Waals surface area contributed by atoms with Crippen molar-refractivity contribution in [1.82, 2.24) is 14.3 Å². The van der Waals surface area contributed by atoms with Gasteiger partial charge >= 0.3 is 0 Å². The second-order valence-electron chi connectivity index (χ2n) is 7.42. The van der Waals surface area contributed by atoms with E-state index in [1.165, 1.54) is 16.7 Å². The van der Waals surface area contributed by atoms with Crippen molar-refractivity contribution in [2.75, 3.05) is 18.2 Å². The number of fused-ring (bicyclic) bond motifs is 1. The fourth-order valence-electron chi connectivity index (χ4n) is 3.67. The standard InChI is InChI=1S/C19H21ClF2IN4O3PS/c1-32(28,29)14-8-10(13-4-2-3-7-30-13)5-6-11(14)24-12-9-15(20)25-18-16(12)26-19(17(21)22)27(18)31-23/h5-6,8-9,13,17,28-29,31H,2-4,7H2,1H3,(H,24,25). The molecule has 174 valence electrons. The van der Waals surface area contributed by atoms with Crippen LogP contribution in [0, 0.1) is 0 Å². The topological polar surface area (TPSA) is 92.4 Å². The van der Waals surface area contributed by atoms with Crippen molar-refractivity contribution in [3.8, 4) is 0 Å². The van der Waals surface area contributed by atoms with Gasteiger partial charge in [0.15, 0.2) is 11.5 Å². The summed E-state index contributed by atoms with van der Waals surface area (Å²) in [5.41, 5.74) is 2.09. The van der Waals surface area contributed by atoms with E-state index in [4.69, 9.17) is 16.3 Å². The van der Waals surface area contributed by atoms with Crippen molar-refractivity contribution in [3.63, 3.8) is 0 Å². The largest absolute Gasteiger partial charge is 0.374 e. The Morgan fingerprint density at radius 1 is 1.28 bits per heavy atom. The molecule has 2 aromatic heterocycles. The molecule has 1 fully saturated rings. The molecule has 0 aliphatic carbocycles. The van der Waals surface area contributed by atoms with Gasteiger partial charge in [0.2, 0.25) is 0 Å². The van der Waals surface area contributed by atoms with E-state index in [1.54, 1.807) is 12.1 Å². The second-order valence-corrected chi connectivity index (χ2v) is 12.0. The average molecular weight is 617 g/mol. The van der Waals surface area contributed by atoms with Gasteiger partial charge in [-0.3, -0.25) is 13.4 Å². The fraction of sp³-hybridized carbons (Fsp3) is 0.368. The zero-order valence-electron chi connectivity index (χ0n) is 16.9. The van der Waals surface area contributed by atoms with Gasteiger partial charge in [-0.25, -0.2) is 18.7 Å². The molecule has 1 aromatic carbocycles. The number of nitrogens with zero attached hydrogens (tertiary/aromatic N) is 3. The number of hydrogen-bond donors (Lipinski definition) is 3. The normalized spacial score (nSPS) is 18.2. The van der Waals surface area contributed by atoms with E-state index in [2.05, 4.69) is 15.3 Å². The van der Waals surface area contributed by atoms with Crippen LogP contribution in [0.5, 0.6) is 0 Å². The molecule has 1 aliphatic rings. The van der Waals surface area contributed by atoms with Gasteiger partial charge in [0.1, 0.15) is 10.7 Å². The average Bonchev–Trinajstić information content (AvgIpc) is 3.13. The number of pyridine rings is 1. The third-order valence-corrected chi connectivity index (χ3v) is 8.55. The maximum absolute atomic E-state index is 13.5. The molecule has 4 rings (SSSR count). The second kappa shape index (κ2) is 9.81. The molecule has 2 atom stereocenters. The van der Waals surface area contributed by atoms with E-state index in [0.717, 1.165) is 24.8 Å². The van der Waals surface area contributed by atoms with Crippen molar-refractivity contribution in [2.45, 2.75) is 36.7 Å². The van der Waals surface area contributed by atoms with E-state index in [9.17, 15) is 17.9 Å². The lowest BCUT2D eigenvalue weighted by molar-refractivity contribution is 0.0148. The lowest BCUT2D eigenvalue weighted by atomic mass is 10.0. The highest BCUT2D eigenvalue weighted by Crippen LogP contribution is 2.50. The minimum atomic E-state index is -3.11. The van der Waals surface area contributed by atoms with Gasteiger partial charge in [0.25, 0.3) is 6.43 Å². The van der Waals surface area contributed by atoms with Gasteiger partial charge in [-0.2, -0.15) is 10.6 Å². The van der Waals surface area contributed by atoms with Crippen molar-refractivity contribution < 1.29 is 22.6 Å². The molecule has 0 spiro atoms. The molecule has 3 N–H and O–H groups in total. The molecular formula is C19H21ClF2IN4O3PS. The predicted molar refractivity (Wildman–Crippen MR) is 135 cm³/mol. The summed E-state index contributed by atoms with van der Waals surface area (Å²) in [5.74, 6) is -0.393. The maximum atomic E-state index is 13.5. The third-order valence-electron chi connectivity index (χ3n) is 5.13. The Balaban J connectivity index is 1.79. The van der Waals surface area contributed by atoms with Gasteiger partial charge in [0.05, 0.1) is 28.7 Å². The molecule has 0 amide bonds. The van der Waals surface area contributed by atoms with Gasteiger partial charge < -0.3 is 10.1 Å². The predicted octanol–water partition coefficient (Wildman–Crippen LogP) is 7.54. The van der Waals surface area contributed by atoms with Crippen LogP contribution in [-0.2, 0) is 4.74 Å². The Morgan fingerprint density at radius 2 is 2.06 bits per heavy atom. The Hall–Kier alpha value is -0.820. The summed E-state index contributed by atoms with van der Waals surface area (Å²) in [7, 11) is -3.11. The summed E-state index contributed by atoms with van der Waals surface area (Å²) in [5, 5.41) is 3.22. The Labute approximate surface area is 205 Å². The highest BCUT2D eigenvalue weighted by Gasteiger charge is 2.24. The van der Waals surface area contributed by atoms with Crippen molar-refractivity contribution in [2.24, 2.45) is 0 Å². The first-order valence-corrected chi connectivity index (χ1v) is 16.1. The molecule has 7 nitrogen and oxygen atoms in total. The number of anilines is 2. The number of alkyl halides is 2. The molecule has 13 heteroatoms. The number of halogens is 4. The SMILES string of the molecule is CS(O)(O)c1cc(C2CCCCO2)ccc1Nc1cc(Cl)nc2c1nc(C(F)F)n2PI. The van der Waals surface area contributed by atoms with E-state index in [1.807, 2.05) is 28.1 Å². The lowest BCUT2D eigenvalue weighted by Crippen LogP contribution is -2.12. The summed E-state index contributed by atoms with van der Waals surface area (Å²) in [4.78, 5) is 8.58. The zero-order valence-corrected chi connectivity index (χ0v) is 21.6. The summed E-state index contributed by atoms with van der Waals surface area (Å²) in [6.07, 6.45) is 1.34. The molecule has 32 heavy (non-hydrogen) atoms. The smallest absolute Gasteiger partial charge is 0.295 e. The number of nitrogens with one attached hydrogen (secondary N) is 1. The number of rotatable bonds is 6. The molecule has 1 aliphatic heterocycles. The molecule has 3 aromatic rings. The highest BCUT2D eigenvalue weighted by molar-refractivity contribution is 14.2. The molecule has 0 radical (unpaired) electrons. The van der Waals surface area contributed by atoms with Crippen LogP contribution in [0.4, 0.5) is 20.2 Å². The van der Waals surface area contributed by atoms with Crippen LogP contribution in [0.2, 0.25) is 5.15 Å². The number of ether oxygens (including phenoxy) is 1. The zero-order chi connectivity index (χ0) is 23.0. The number of hydrogen-bond acceptors (Lipinski definition) is 6. The van der Waals surface area contributed by atoms with Crippen LogP contribution >= 0.6 is 50.6 Å². The Kier molecular flexibility index (Phi) is 7.45. The fourth-order valence-corrected chi connectivity index (χ4v) is 6.65. The van der Waals surface area contributed by atoms with Crippen LogP contribution in [0.15, 0.2) is 29.2 Å². The first-order valence-electron chi connectivity index (χ1n) is 9.68. The highest BCUT2D eigenvalue weighted by atomic mass is 127. The summed E-state index contributed by atoms with van der Waals surface area (Å²) < 4.78 is 55.2. The van der Waals surface area contributed by atoms with Gasteiger partial charge in [0, 0.05) is 18.9 Å². The summed E-state index contributed by atoms with van der Waals surface area (Å²) >= 11 is 8.16.